The van der Waals surface area contributed by atoms with E-state index in [0.717, 1.165) is 16.7 Å². The van der Waals surface area contributed by atoms with Crippen LogP contribution < -0.4 is 0 Å². The molecule has 0 spiro atoms. The molecule has 6 heteroatoms. The van der Waals surface area contributed by atoms with Crippen LogP contribution in [0.15, 0.2) is 77.0 Å². The Labute approximate surface area is 211 Å². The SMILES string of the molecule is BrC1=CC2=Cc3[c-]cccc3C2O1.[Cl][Zr][Cl].[SH-].[c-]1cccc2c1-c1ccccc1C2. The van der Waals surface area contributed by atoms with Gasteiger partial charge < -0.3 is 18.2 Å². The average Bonchev–Trinajstić information content (AvgIpc) is 3.39. The van der Waals surface area contributed by atoms with Gasteiger partial charge >= 0.3 is 37.9 Å². The monoisotopic (exact) mass is 591 g/mol. The van der Waals surface area contributed by atoms with E-state index >= 15 is 0 Å². The van der Waals surface area contributed by atoms with E-state index in [2.05, 4.69) is 76.6 Å². The molecule has 1 heterocycles. The van der Waals surface area contributed by atoms with Crippen molar-refractivity contribution in [1.82, 2.24) is 0 Å². The van der Waals surface area contributed by atoms with Gasteiger partial charge in [0.25, 0.3) is 0 Å². The second kappa shape index (κ2) is 11.2. The number of rotatable bonds is 0. The maximum Gasteiger partial charge on any atom is -0.0454 e. The minimum absolute atomic E-state index is 0. The van der Waals surface area contributed by atoms with Crippen LogP contribution in [0.5, 0.6) is 0 Å². The zero-order valence-electron chi connectivity index (χ0n) is 15.7. The number of hydrogen-bond donors (Lipinski definition) is 0. The standard InChI is InChI=1S/C13H9.C11H6BrO.2ClH.H2S.Zr/c1-3-7-12-10(5-1)9-11-6-2-4-8-13(11)12;12-10-6-8-5-7-3-1-2-4-9(7)11(8)13-10;;;;/h1-7H,9H2;1-2,4-6,11H;2*1H;1H2;/q2*-1;;;;+2/p-3. The van der Waals surface area contributed by atoms with Crippen LogP contribution in [0.2, 0.25) is 0 Å². The van der Waals surface area contributed by atoms with Gasteiger partial charge in [-0.25, -0.2) is 0 Å². The van der Waals surface area contributed by atoms with E-state index in [0.29, 0.717) is 0 Å². The summed E-state index contributed by atoms with van der Waals surface area (Å²) in [6.45, 7) is 0. The molecule has 0 fully saturated rings. The third-order valence-corrected chi connectivity index (χ3v) is 5.35. The maximum absolute atomic E-state index is 5.60. The fourth-order valence-electron chi connectivity index (χ4n) is 3.76. The first-order valence-corrected chi connectivity index (χ1v) is 16.1. The number of fused-ring (bicyclic) bond motifs is 6. The van der Waals surface area contributed by atoms with Crippen LogP contribution in [-0.4, -0.2) is 0 Å². The van der Waals surface area contributed by atoms with Crippen LogP contribution in [-0.2, 0) is 45.5 Å². The third-order valence-electron chi connectivity index (χ3n) is 4.94. The predicted octanol–water partition coefficient (Wildman–Crippen LogP) is 7.36. The molecule has 0 aromatic heterocycles. The molecule has 0 bridgehead atoms. The zero-order valence-corrected chi connectivity index (χ0v) is 22.2. The molecule has 1 nitrogen and oxygen atoms in total. The minimum atomic E-state index is -0.826. The van der Waals surface area contributed by atoms with Crippen molar-refractivity contribution in [2.75, 3.05) is 0 Å². The molecule has 0 saturated carbocycles. The van der Waals surface area contributed by atoms with Crippen molar-refractivity contribution < 1.29 is 25.6 Å². The Hall–Kier alpha value is -0.767. The quantitative estimate of drug-likeness (QED) is 0.120. The largest absolute Gasteiger partial charge is 0.813 e. The summed E-state index contributed by atoms with van der Waals surface area (Å²) in [5.41, 5.74) is 9.06. The van der Waals surface area contributed by atoms with E-state index < -0.39 is 20.8 Å². The van der Waals surface area contributed by atoms with Gasteiger partial charge in [0, 0.05) is 0 Å². The van der Waals surface area contributed by atoms with E-state index in [9.17, 15) is 0 Å². The summed E-state index contributed by atoms with van der Waals surface area (Å²) < 4.78 is 6.42. The van der Waals surface area contributed by atoms with Gasteiger partial charge in [-0.3, -0.25) is 0 Å². The Balaban J connectivity index is 0.000000147. The van der Waals surface area contributed by atoms with Gasteiger partial charge in [0.15, 0.2) is 4.67 Å². The first kappa shape index (κ1) is 23.9. The van der Waals surface area contributed by atoms with Crippen molar-refractivity contribution in [2.24, 2.45) is 0 Å². The Bertz CT molecular complexity index is 1060. The molecule has 3 aliphatic rings. The van der Waals surface area contributed by atoms with Crippen molar-refractivity contribution >= 4 is 52.5 Å². The Morgan fingerprint density at radius 2 is 1.63 bits per heavy atom. The van der Waals surface area contributed by atoms with Gasteiger partial charge in [-0.2, -0.15) is 0 Å². The summed E-state index contributed by atoms with van der Waals surface area (Å²) in [5, 5.41) is 0. The minimum Gasteiger partial charge on any atom is -0.813 e. The molecular weight excluding hydrogens is 578 g/mol. The van der Waals surface area contributed by atoms with Gasteiger partial charge in [0.05, 0.1) is 0 Å². The van der Waals surface area contributed by atoms with Crippen LogP contribution in [0.1, 0.15) is 28.4 Å². The van der Waals surface area contributed by atoms with Gasteiger partial charge in [0.2, 0.25) is 0 Å². The van der Waals surface area contributed by atoms with Crippen molar-refractivity contribution in [1.29, 1.82) is 0 Å². The number of benzene rings is 3. The molecule has 3 aromatic rings. The van der Waals surface area contributed by atoms with Gasteiger partial charge in [-0.15, -0.1) is 71.3 Å². The molecule has 1 aliphatic heterocycles. The van der Waals surface area contributed by atoms with Crippen molar-refractivity contribution in [3.63, 3.8) is 0 Å². The summed E-state index contributed by atoms with van der Waals surface area (Å²) in [7, 11) is 9.87. The molecule has 6 rings (SSSR count). The fraction of sp³-hybridized carbons (Fsp3) is 0.0833. The molecule has 1 unspecified atom stereocenters. The summed E-state index contributed by atoms with van der Waals surface area (Å²) in [6.07, 6.45) is 5.30. The molecule has 152 valence electrons. The van der Waals surface area contributed by atoms with E-state index in [-0.39, 0.29) is 19.6 Å². The first-order chi connectivity index (χ1) is 14.2. The zero-order chi connectivity index (χ0) is 20.2. The first-order valence-electron chi connectivity index (χ1n) is 9.01. The Kier molecular flexibility index (Phi) is 8.92. The van der Waals surface area contributed by atoms with E-state index in [4.69, 9.17) is 21.8 Å². The van der Waals surface area contributed by atoms with Crippen LogP contribution in [0, 0.1) is 12.1 Å². The van der Waals surface area contributed by atoms with E-state index in [1.807, 2.05) is 24.3 Å². The fourth-order valence-corrected chi connectivity index (χ4v) is 4.21. The molecule has 0 saturated heterocycles. The molecule has 1 atom stereocenters. The molecule has 0 N–H and O–H groups in total. The van der Waals surface area contributed by atoms with Crippen molar-refractivity contribution in [2.45, 2.75) is 12.5 Å². The second-order valence-electron chi connectivity index (χ2n) is 6.61. The van der Waals surface area contributed by atoms with Crippen LogP contribution in [0.4, 0.5) is 0 Å². The summed E-state index contributed by atoms with van der Waals surface area (Å²) in [6, 6.07) is 27.3. The van der Waals surface area contributed by atoms with E-state index in [1.54, 1.807) is 0 Å². The Morgan fingerprint density at radius 3 is 2.47 bits per heavy atom. The number of halogens is 3. The number of thiol groups is 1. The van der Waals surface area contributed by atoms with Crippen LogP contribution in [0.3, 0.4) is 0 Å². The van der Waals surface area contributed by atoms with Gasteiger partial charge in [0.1, 0.15) is 6.10 Å². The summed E-state index contributed by atoms with van der Waals surface area (Å²) in [4.78, 5) is 0. The summed E-state index contributed by atoms with van der Waals surface area (Å²) in [5.74, 6) is 0. The molecule has 30 heavy (non-hydrogen) atoms. The molecule has 0 amide bonds. The van der Waals surface area contributed by atoms with Crippen LogP contribution in [0.25, 0.3) is 17.2 Å². The molecule has 0 radical (unpaired) electrons. The van der Waals surface area contributed by atoms with Gasteiger partial charge in [-0.1, -0.05) is 41.0 Å². The smallest absolute Gasteiger partial charge is 0.0454 e. The normalized spacial score (nSPS) is 15.8. The third kappa shape index (κ3) is 5.17. The Morgan fingerprint density at radius 1 is 0.933 bits per heavy atom. The number of ether oxygens (including phenoxy) is 1. The predicted molar refractivity (Wildman–Crippen MR) is 128 cm³/mol. The summed E-state index contributed by atoms with van der Waals surface area (Å²) >= 11 is 2.51. The average molecular weight is 594 g/mol. The van der Waals surface area contributed by atoms with Crippen LogP contribution >= 0.6 is 33.0 Å². The maximum atomic E-state index is 5.60. The molecule has 2 aliphatic carbocycles. The number of hydrogen-bond acceptors (Lipinski definition) is 2. The second-order valence-corrected chi connectivity index (χ2v) is 11.1. The van der Waals surface area contributed by atoms with Crippen molar-refractivity contribution in [3.05, 3.63) is 111 Å². The molecule has 3 aromatic carbocycles. The molecular formula is C24H16BrCl2OSZr-3. The van der Waals surface area contributed by atoms with E-state index in [1.165, 1.54) is 33.4 Å². The topological polar surface area (TPSA) is 9.23 Å². The van der Waals surface area contributed by atoms with Gasteiger partial charge in [-0.05, 0) is 34.0 Å². The van der Waals surface area contributed by atoms with Crippen molar-refractivity contribution in [3.8, 4) is 11.1 Å².